The van der Waals surface area contributed by atoms with Crippen LogP contribution >= 0.6 is 0 Å². The van der Waals surface area contributed by atoms with Gasteiger partial charge in [0.2, 0.25) is 0 Å². The van der Waals surface area contributed by atoms with Crippen molar-refractivity contribution < 1.29 is 14.3 Å². The summed E-state index contributed by atoms with van der Waals surface area (Å²) in [6.45, 7) is 6.18. The number of nitrogens with one attached hydrogen (secondary N) is 1. The van der Waals surface area contributed by atoms with E-state index in [0.29, 0.717) is 5.56 Å². The Morgan fingerprint density at radius 2 is 1.78 bits per heavy atom. The second-order valence-electron chi connectivity index (χ2n) is 9.51. The van der Waals surface area contributed by atoms with Gasteiger partial charge in [-0.3, -0.25) is 4.79 Å². The van der Waals surface area contributed by atoms with Gasteiger partial charge >= 0.3 is 5.97 Å². The van der Waals surface area contributed by atoms with E-state index in [9.17, 15) is 9.59 Å². The van der Waals surface area contributed by atoms with Crippen molar-refractivity contribution in [1.29, 1.82) is 0 Å². The van der Waals surface area contributed by atoms with Gasteiger partial charge in [-0.25, -0.2) is 9.48 Å². The van der Waals surface area contributed by atoms with E-state index in [1.54, 1.807) is 29.8 Å². The Bertz CT molecular complexity index is 1450. The maximum atomic E-state index is 13.1. The number of hydrogen-bond acceptors (Lipinski definition) is 4. The molecule has 1 amide bonds. The van der Waals surface area contributed by atoms with Crippen molar-refractivity contribution in [3.63, 3.8) is 0 Å². The van der Waals surface area contributed by atoms with Crippen LogP contribution in [0.2, 0.25) is 0 Å². The maximum Gasteiger partial charge on any atom is 0.358 e. The predicted octanol–water partition coefficient (Wildman–Crippen LogP) is 6.14. The van der Waals surface area contributed by atoms with E-state index < -0.39 is 5.97 Å². The topological polar surface area (TPSA) is 73.2 Å². The third-order valence-electron chi connectivity index (χ3n) is 7.05. The predicted molar refractivity (Wildman–Crippen MR) is 144 cm³/mol. The maximum absolute atomic E-state index is 13.1. The Kier molecular flexibility index (Phi) is 6.91. The molecular weight excluding hydrogens is 462 g/mol. The van der Waals surface area contributed by atoms with Crippen LogP contribution < -0.4 is 5.32 Å². The number of amides is 1. The highest BCUT2D eigenvalue weighted by Crippen LogP contribution is 2.30. The highest BCUT2D eigenvalue weighted by molar-refractivity contribution is 5.94. The number of benzene rings is 3. The lowest BCUT2D eigenvalue weighted by Crippen LogP contribution is -2.30. The summed E-state index contributed by atoms with van der Waals surface area (Å²) >= 11 is 0. The monoisotopic (exact) mass is 493 g/mol. The van der Waals surface area contributed by atoms with E-state index in [4.69, 9.17) is 4.74 Å². The molecule has 0 spiro atoms. The zero-order valence-electron chi connectivity index (χ0n) is 21.5. The fourth-order valence-electron chi connectivity index (χ4n) is 4.89. The molecule has 1 aliphatic rings. The third-order valence-corrected chi connectivity index (χ3v) is 7.05. The van der Waals surface area contributed by atoms with Crippen LogP contribution in [0.4, 0.5) is 0 Å². The smallest absolute Gasteiger partial charge is 0.358 e. The molecule has 0 fully saturated rings. The normalized spacial score (nSPS) is 14.6. The van der Waals surface area contributed by atoms with Gasteiger partial charge in [0.25, 0.3) is 5.91 Å². The molecule has 1 unspecified atom stereocenters. The minimum Gasteiger partial charge on any atom is -0.461 e. The molecule has 188 valence electrons. The van der Waals surface area contributed by atoms with E-state index in [2.05, 4.69) is 54.6 Å². The largest absolute Gasteiger partial charge is 0.461 e. The third kappa shape index (κ3) is 5.05. The molecule has 3 aromatic carbocycles. The molecule has 5 rings (SSSR count). The van der Waals surface area contributed by atoms with E-state index in [0.717, 1.165) is 41.8 Å². The number of nitrogens with zero attached hydrogens (tertiary/aromatic N) is 2. The van der Waals surface area contributed by atoms with Crippen molar-refractivity contribution in [2.75, 3.05) is 6.61 Å². The average Bonchev–Trinajstić information content (AvgIpc) is 3.36. The second-order valence-corrected chi connectivity index (χ2v) is 9.51. The number of hydrogen-bond donors (Lipinski definition) is 1. The van der Waals surface area contributed by atoms with Crippen molar-refractivity contribution in [1.82, 2.24) is 15.1 Å². The molecule has 6 heteroatoms. The molecular formula is C31H31N3O3. The minimum absolute atomic E-state index is 0.0201. The first kappa shape index (κ1) is 24.5. The minimum atomic E-state index is -0.463. The van der Waals surface area contributed by atoms with Crippen molar-refractivity contribution in [2.45, 2.75) is 46.1 Å². The standard InChI is InChI=1S/C31H31N3O3/c1-4-37-31(36)28-19-29(24-13-12-20(2)21(3)18-24)34(33-28)25-16-14-23(15-17-25)30(35)32-27-11-7-9-22-8-5-6-10-26(22)27/h5-6,8,10,12-19,27H,4,7,9,11H2,1-3H3,(H,32,35). The molecule has 0 radical (unpaired) electrons. The molecule has 6 nitrogen and oxygen atoms in total. The van der Waals surface area contributed by atoms with Crippen LogP contribution in [0.15, 0.2) is 72.8 Å². The molecule has 0 aliphatic heterocycles. The summed E-state index contributed by atoms with van der Waals surface area (Å²) < 4.78 is 6.92. The summed E-state index contributed by atoms with van der Waals surface area (Å²) in [6, 6.07) is 23.6. The lowest BCUT2D eigenvalue weighted by molar-refractivity contribution is 0.0518. The first-order chi connectivity index (χ1) is 17.9. The van der Waals surface area contributed by atoms with Crippen molar-refractivity contribution in [3.05, 3.63) is 106 Å². The highest BCUT2D eigenvalue weighted by Gasteiger charge is 2.22. The number of ether oxygens (including phenoxy) is 1. The van der Waals surface area contributed by atoms with Gasteiger partial charge in [-0.05, 0) is 98.7 Å². The molecule has 0 saturated heterocycles. The van der Waals surface area contributed by atoms with Gasteiger partial charge in [0.05, 0.1) is 24.0 Å². The zero-order chi connectivity index (χ0) is 25.9. The van der Waals surface area contributed by atoms with Gasteiger partial charge in [0, 0.05) is 11.1 Å². The van der Waals surface area contributed by atoms with Crippen LogP contribution in [0.3, 0.4) is 0 Å². The Morgan fingerprint density at radius 1 is 1.00 bits per heavy atom. The van der Waals surface area contributed by atoms with Crippen LogP contribution in [0.5, 0.6) is 0 Å². The van der Waals surface area contributed by atoms with Crippen molar-refractivity contribution >= 4 is 11.9 Å². The fourth-order valence-corrected chi connectivity index (χ4v) is 4.89. The first-order valence-corrected chi connectivity index (χ1v) is 12.8. The molecule has 0 saturated carbocycles. The molecule has 1 heterocycles. The summed E-state index contributed by atoms with van der Waals surface area (Å²) in [4.78, 5) is 25.6. The fraction of sp³-hybridized carbons (Fsp3) is 0.258. The molecule has 1 aromatic heterocycles. The molecule has 1 N–H and O–H groups in total. The van der Waals surface area contributed by atoms with Crippen LogP contribution in [-0.2, 0) is 11.2 Å². The van der Waals surface area contributed by atoms with Gasteiger partial charge in [0.1, 0.15) is 0 Å². The Labute approximate surface area is 217 Å². The number of fused-ring (bicyclic) bond motifs is 1. The number of carbonyl (C=O) groups excluding carboxylic acids is 2. The highest BCUT2D eigenvalue weighted by atomic mass is 16.5. The van der Waals surface area contributed by atoms with E-state index >= 15 is 0 Å². The van der Waals surface area contributed by atoms with Crippen LogP contribution in [0.25, 0.3) is 16.9 Å². The van der Waals surface area contributed by atoms with Gasteiger partial charge in [-0.2, -0.15) is 5.10 Å². The Hall–Kier alpha value is -4.19. The molecule has 1 atom stereocenters. The number of rotatable bonds is 6. The van der Waals surface area contributed by atoms with Gasteiger partial charge in [-0.1, -0.05) is 36.4 Å². The average molecular weight is 494 g/mol. The van der Waals surface area contributed by atoms with Crippen LogP contribution in [0, 0.1) is 13.8 Å². The summed E-state index contributed by atoms with van der Waals surface area (Å²) in [5.41, 5.74) is 8.17. The lowest BCUT2D eigenvalue weighted by Gasteiger charge is -2.26. The van der Waals surface area contributed by atoms with Gasteiger partial charge in [0.15, 0.2) is 5.69 Å². The molecule has 1 aliphatic carbocycles. The quantitative estimate of drug-likeness (QED) is 0.328. The Morgan fingerprint density at radius 3 is 2.54 bits per heavy atom. The molecule has 37 heavy (non-hydrogen) atoms. The van der Waals surface area contributed by atoms with Crippen molar-refractivity contribution in [2.24, 2.45) is 0 Å². The number of aromatic nitrogens is 2. The van der Waals surface area contributed by atoms with E-state index in [1.807, 2.05) is 24.3 Å². The summed E-state index contributed by atoms with van der Waals surface area (Å²) in [5, 5.41) is 7.77. The lowest BCUT2D eigenvalue weighted by atomic mass is 9.87. The van der Waals surface area contributed by atoms with E-state index in [-0.39, 0.29) is 24.2 Å². The SMILES string of the molecule is CCOC(=O)c1cc(-c2ccc(C)c(C)c2)n(-c2ccc(C(=O)NC3CCCc4ccccc43)cc2)n1. The van der Waals surface area contributed by atoms with Gasteiger partial charge in [-0.15, -0.1) is 0 Å². The van der Waals surface area contributed by atoms with Gasteiger partial charge < -0.3 is 10.1 Å². The first-order valence-electron chi connectivity index (χ1n) is 12.8. The number of esters is 1. The Balaban J connectivity index is 1.43. The van der Waals surface area contributed by atoms with Crippen molar-refractivity contribution in [3.8, 4) is 16.9 Å². The van der Waals surface area contributed by atoms with Crippen LogP contribution in [0.1, 0.15) is 68.9 Å². The number of aryl methyl sites for hydroxylation is 3. The summed E-state index contributed by atoms with van der Waals surface area (Å²) in [5.74, 6) is -0.564. The second kappa shape index (κ2) is 10.4. The van der Waals surface area contributed by atoms with Crippen LogP contribution in [-0.4, -0.2) is 28.3 Å². The summed E-state index contributed by atoms with van der Waals surface area (Å²) in [6.07, 6.45) is 3.05. The van der Waals surface area contributed by atoms with E-state index in [1.165, 1.54) is 16.7 Å². The summed E-state index contributed by atoms with van der Waals surface area (Å²) in [7, 11) is 0. The molecule has 4 aromatic rings. The number of carbonyl (C=O) groups is 2. The molecule has 0 bridgehead atoms. The zero-order valence-corrected chi connectivity index (χ0v) is 21.5.